The van der Waals surface area contributed by atoms with Gasteiger partial charge in [-0.05, 0) is 40.9 Å². The van der Waals surface area contributed by atoms with Crippen molar-refractivity contribution in [3.05, 3.63) is 28.7 Å². The lowest BCUT2D eigenvalue weighted by molar-refractivity contribution is 0.137. The molecule has 1 aromatic rings. The molecule has 1 N–H and O–H groups in total. The van der Waals surface area contributed by atoms with E-state index in [0.717, 1.165) is 17.3 Å². The molecule has 1 aliphatic rings. The normalized spacial score (nSPS) is 26.5. The van der Waals surface area contributed by atoms with Crippen molar-refractivity contribution in [3.63, 3.8) is 0 Å². The number of hydrogen-bond donors (Lipinski definition) is 1. The molecule has 1 aromatic carbocycles. The highest BCUT2D eigenvalue weighted by atomic mass is 79.9. The summed E-state index contributed by atoms with van der Waals surface area (Å²) < 4.78 is 1.13. The molecular formula is C12H15BrOS. The zero-order valence-electron chi connectivity index (χ0n) is 8.53. The molecule has 0 spiro atoms. The maximum atomic E-state index is 9.89. The molecule has 0 aliphatic heterocycles. The predicted molar refractivity (Wildman–Crippen MR) is 68.3 cm³/mol. The number of halogens is 1. The Bertz CT molecular complexity index is 329. The van der Waals surface area contributed by atoms with Gasteiger partial charge in [0.2, 0.25) is 0 Å². The molecule has 82 valence electrons. The Balaban J connectivity index is 2.04. The molecule has 0 radical (unpaired) electrons. The van der Waals surface area contributed by atoms with Crippen LogP contribution in [0, 0.1) is 0 Å². The maximum absolute atomic E-state index is 9.89. The first kappa shape index (κ1) is 11.5. The highest BCUT2D eigenvalue weighted by Crippen LogP contribution is 2.37. The Labute approximate surface area is 103 Å². The monoisotopic (exact) mass is 286 g/mol. The van der Waals surface area contributed by atoms with Crippen LogP contribution >= 0.6 is 27.7 Å². The van der Waals surface area contributed by atoms with Gasteiger partial charge in [0.15, 0.2) is 0 Å². The number of aliphatic hydroxyl groups excluding tert-OH is 1. The molecule has 1 aliphatic carbocycles. The third-order valence-corrected chi connectivity index (χ3v) is 5.20. The lowest BCUT2D eigenvalue weighted by atomic mass is 9.97. The molecule has 0 aromatic heterocycles. The van der Waals surface area contributed by atoms with E-state index >= 15 is 0 Å². The van der Waals surface area contributed by atoms with Crippen molar-refractivity contribution < 1.29 is 5.11 Å². The highest BCUT2D eigenvalue weighted by Gasteiger charge is 2.24. The minimum absolute atomic E-state index is 0.129. The smallest absolute Gasteiger partial charge is 0.0662 e. The second-order valence-corrected chi connectivity index (χ2v) is 6.07. The Morgan fingerprint density at radius 3 is 2.67 bits per heavy atom. The maximum Gasteiger partial charge on any atom is 0.0662 e. The number of rotatable bonds is 2. The summed E-state index contributed by atoms with van der Waals surface area (Å²) in [4.78, 5) is 1.24. The van der Waals surface area contributed by atoms with Crippen LogP contribution in [-0.2, 0) is 0 Å². The van der Waals surface area contributed by atoms with Crippen LogP contribution in [0.3, 0.4) is 0 Å². The van der Waals surface area contributed by atoms with Crippen molar-refractivity contribution in [2.45, 2.75) is 41.9 Å². The van der Waals surface area contributed by atoms with Crippen LogP contribution in [0.1, 0.15) is 25.7 Å². The molecule has 0 heterocycles. The van der Waals surface area contributed by atoms with Gasteiger partial charge in [-0.15, -0.1) is 11.8 Å². The molecule has 1 nitrogen and oxygen atoms in total. The number of aliphatic hydroxyl groups is 1. The zero-order chi connectivity index (χ0) is 10.7. The fraction of sp³-hybridized carbons (Fsp3) is 0.500. The lowest BCUT2D eigenvalue weighted by Gasteiger charge is -2.27. The summed E-state index contributed by atoms with van der Waals surface area (Å²) in [6, 6.07) is 8.22. The second kappa shape index (κ2) is 5.37. The summed E-state index contributed by atoms with van der Waals surface area (Å²) in [5.41, 5.74) is 0. The van der Waals surface area contributed by atoms with Gasteiger partial charge in [-0.1, -0.05) is 25.0 Å². The van der Waals surface area contributed by atoms with Crippen LogP contribution in [0.15, 0.2) is 33.6 Å². The third kappa shape index (κ3) is 2.99. The van der Waals surface area contributed by atoms with E-state index in [1.165, 1.54) is 17.7 Å². The van der Waals surface area contributed by atoms with Gasteiger partial charge >= 0.3 is 0 Å². The third-order valence-electron chi connectivity index (χ3n) is 2.78. The van der Waals surface area contributed by atoms with Crippen molar-refractivity contribution in [2.75, 3.05) is 0 Å². The molecule has 3 heteroatoms. The summed E-state index contributed by atoms with van der Waals surface area (Å²) in [5.74, 6) is 0. The van der Waals surface area contributed by atoms with E-state index in [0.29, 0.717) is 5.25 Å². The zero-order valence-corrected chi connectivity index (χ0v) is 10.9. The molecule has 2 rings (SSSR count). The van der Waals surface area contributed by atoms with Gasteiger partial charge < -0.3 is 5.11 Å². The summed E-state index contributed by atoms with van der Waals surface area (Å²) >= 11 is 5.34. The molecule has 0 amide bonds. The predicted octanol–water partition coefficient (Wildman–Crippen LogP) is 3.84. The average Bonchev–Trinajstić information content (AvgIpc) is 2.24. The Morgan fingerprint density at radius 1 is 1.20 bits per heavy atom. The lowest BCUT2D eigenvalue weighted by Crippen LogP contribution is -2.26. The largest absolute Gasteiger partial charge is 0.392 e. The molecule has 0 bridgehead atoms. The van der Waals surface area contributed by atoms with Crippen LogP contribution in [0.2, 0.25) is 0 Å². The van der Waals surface area contributed by atoms with Gasteiger partial charge in [0, 0.05) is 14.6 Å². The summed E-state index contributed by atoms with van der Waals surface area (Å²) in [6.07, 6.45) is 4.39. The molecule has 2 atom stereocenters. The molecule has 15 heavy (non-hydrogen) atoms. The standard InChI is InChI=1S/C12H15BrOS/c13-9-5-1-3-7-11(9)15-12-8-4-2-6-10(12)14/h1,3,5,7,10,12,14H,2,4,6,8H2/t10-,12-/m0/s1. The quantitative estimate of drug-likeness (QED) is 0.891. The van der Waals surface area contributed by atoms with Crippen LogP contribution in [0.25, 0.3) is 0 Å². The van der Waals surface area contributed by atoms with Gasteiger partial charge in [-0.2, -0.15) is 0 Å². The Kier molecular flexibility index (Phi) is 4.12. The fourth-order valence-electron chi connectivity index (χ4n) is 1.92. The molecule has 0 unspecified atom stereocenters. The van der Waals surface area contributed by atoms with Crippen molar-refractivity contribution >= 4 is 27.7 Å². The van der Waals surface area contributed by atoms with E-state index < -0.39 is 0 Å². The summed E-state index contributed by atoms with van der Waals surface area (Å²) in [7, 11) is 0. The van der Waals surface area contributed by atoms with Crippen molar-refractivity contribution in [2.24, 2.45) is 0 Å². The van der Waals surface area contributed by atoms with Crippen molar-refractivity contribution in [1.82, 2.24) is 0 Å². The van der Waals surface area contributed by atoms with Gasteiger partial charge in [0.1, 0.15) is 0 Å². The van der Waals surface area contributed by atoms with Gasteiger partial charge in [0.05, 0.1) is 6.10 Å². The summed E-state index contributed by atoms with van der Waals surface area (Å²) in [6.45, 7) is 0. The first-order valence-electron chi connectivity index (χ1n) is 5.36. The van der Waals surface area contributed by atoms with E-state index in [-0.39, 0.29) is 6.10 Å². The van der Waals surface area contributed by atoms with E-state index in [2.05, 4.69) is 28.1 Å². The van der Waals surface area contributed by atoms with Crippen molar-refractivity contribution in [3.8, 4) is 0 Å². The topological polar surface area (TPSA) is 20.2 Å². The van der Waals surface area contributed by atoms with Gasteiger partial charge in [-0.3, -0.25) is 0 Å². The van der Waals surface area contributed by atoms with E-state index in [9.17, 15) is 5.11 Å². The first-order chi connectivity index (χ1) is 7.27. The van der Waals surface area contributed by atoms with E-state index in [4.69, 9.17) is 0 Å². The first-order valence-corrected chi connectivity index (χ1v) is 7.04. The summed E-state index contributed by atoms with van der Waals surface area (Å²) in [5, 5.41) is 10.3. The van der Waals surface area contributed by atoms with Gasteiger partial charge in [0.25, 0.3) is 0 Å². The van der Waals surface area contributed by atoms with Gasteiger partial charge in [-0.25, -0.2) is 0 Å². The van der Waals surface area contributed by atoms with E-state index in [1.807, 2.05) is 12.1 Å². The number of hydrogen-bond acceptors (Lipinski definition) is 2. The number of benzene rings is 1. The molecular weight excluding hydrogens is 272 g/mol. The SMILES string of the molecule is O[C@H]1CCCC[C@@H]1Sc1ccccc1Br. The minimum Gasteiger partial charge on any atom is -0.392 e. The van der Waals surface area contributed by atoms with Crippen LogP contribution in [-0.4, -0.2) is 16.5 Å². The van der Waals surface area contributed by atoms with Crippen LogP contribution in [0.4, 0.5) is 0 Å². The molecule has 1 saturated carbocycles. The van der Waals surface area contributed by atoms with Crippen LogP contribution in [0.5, 0.6) is 0 Å². The fourth-order valence-corrected chi connectivity index (χ4v) is 3.72. The van der Waals surface area contributed by atoms with Crippen molar-refractivity contribution in [1.29, 1.82) is 0 Å². The average molecular weight is 287 g/mol. The van der Waals surface area contributed by atoms with E-state index in [1.54, 1.807) is 11.8 Å². The Morgan fingerprint density at radius 2 is 1.93 bits per heavy atom. The highest BCUT2D eigenvalue weighted by molar-refractivity contribution is 9.10. The van der Waals surface area contributed by atoms with Crippen LogP contribution < -0.4 is 0 Å². The second-order valence-electron chi connectivity index (χ2n) is 3.94. The molecule has 0 saturated heterocycles. The number of thioether (sulfide) groups is 1. The molecule has 1 fully saturated rings. The Hall–Kier alpha value is 0.01000. The minimum atomic E-state index is -0.129.